The molecule has 0 bridgehead atoms. The van der Waals surface area contributed by atoms with Crippen LogP contribution in [0.4, 0.5) is 0 Å². The quantitative estimate of drug-likeness (QED) is 0.353. The van der Waals surface area contributed by atoms with E-state index >= 15 is 0 Å². The Labute approximate surface area is 156 Å². The third-order valence-electron chi connectivity index (χ3n) is 4.41. The van der Waals surface area contributed by atoms with Gasteiger partial charge in [-0.3, -0.25) is 9.59 Å². The smallest absolute Gasteiger partial charge is 0.303 e. The van der Waals surface area contributed by atoms with Crippen molar-refractivity contribution in [3.8, 4) is 11.5 Å². The number of ether oxygens (including phenoxy) is 1. The number of hydrogen-bond donors (Lipinski definition) is 2. The molecule has 0 aromatic heterocycles. The van der Waals surface area contributed by atoms with Gasteiger partial charge in [-0.1, -0.05) is 45.4 Å². The molecule has 0 amide bonds. The first-order valence-corrected chi connectivity index (χ1v) is 9.67. The lowest BCUT2D eigenvalue weighted by Crippen LogP contribution is -2.03. The summed E-state index contributed by atoms with van der Waals surface area (Å²) in [7, 11) is 0. The van der Waals surface area contributed by atoms with Gasteiger partial charge in [0.15, 0.2) is 5.78 Å². The largest absolute Gasteiger partial charge is 0.507 e. The Bertz CT molecular complexity index is 580. The van der Waals surface area contributed by atoms with Crippen LogP contribution in [0, 0.1) is 0 Å². The van der Waals surface area contributed by atoms with E-state index in [9.17, 15) is 14.7 Å². The number of Topliss-reactive ketones (excluding diaryl/α,β-unsaturated/α-hetero) is 1. The summed E-state index contributed by atoms with van der Waals surface area (Å²) < 4.78 is 5.84. The lowest BCUT2D eigenvalue weighted by atomic mass is 10.0. The predicted octanol–water partition coefficient (Wildman–Crippen LogP) is 5.13. The minimum absolute atomic E-state index is 0.0539. The fourth-order valence-corrected chi connectivity index (χ4v) is 2.97. The van der Waals surface area contributed by atoms with E-state index in [-0.39, 0.29) is 18.0 Å². The third kappa shape index (κ3) is 7.89. The molecule has 0 atom stereocenters. The molecule has 1 rings (SSSR count). The van der Waals surface area contributed by atoms with Gasteiger partial charge in [0.25, 0.3) is 0 Å². The van der Waals surface area contributed by atoms with Gasteiger partial charge in [-0.2, -0.15) is 0 Å². The van der Waals surface area contributed by atoms with Gasteiger partial charge >= 0.3 is 5.97 Å². The summed E-state index contributed by atoms with van der Waals surface area (Å²) in [4.78, 5) is 22.0. The second kappa shape index (κ2) is 12.3. The van der Waals surface area contributed by atoms with E-state index in [2.05, 4.69) is 0 Å². The number of ketones is 1. The zero-order valence-electron chi connectivity index (χ0n) is 16.1. The summed E-state index contributed by atoms with van der Waals surface area (Å²) in [6.45, 7) is 4.07. The van der Waals surface area contributed by atoms with Crippen molar-refractivity contribution < 1.29 is 24.5 Å². The zero-order valence-corrected chi connectivity index (χ0v) is 16.1. The van der Waals surface area contributed by atoms with Crippen LogP contribution < -0.4 is 4.74 Å². The van der Waals surface area contributed by atoms with E-state index in [1.54, 1.807) is 12.1 Å². The van der Waals surface area contributed by atoms with Crippen LogP contribution in [0.15, 0.2) is 12.1 Å². The predicted molar refractivity (Wildman–Crippen MR) is 102 cm³/mol. The molecule has 146 valence electrons. The Kier molecular flexibility index (Phi) is 10.4. The van der Waals surface area contributed by atoms with Gasteiger partial charge in [-0.05, 0) is 38.3 Å². The van der Waals surface area contributed by atoms with Crippen LogP contribution in [0.1, 0.15) is 87.6 Å². The van der Waals surface area contributed by atoms with Crippen LogP contribution in [0.5, 0.6) is 11.5 Å². The van der Waals surface area contributed by atoms with Crippen LogP contribution in [-0.2, 0) is 11.2 Å². The maximum Gasteiger partial charge on any atom is 0.303 e. The molecule has 0 aliphatic rings. The number of carboxylic acid groups (broad SMARTS) is 1. The number of aliphatic carboxylic acids is 1. The number of hydrogen-bond acceptors (Lipinski definition) is 4. The van der Waals surface area contributed by atoms with Crippen molar-refractivity contribution in [2.45, 2.75) is 78.1 Å². The fraction of sp³-hybridized carbons (Fsp3) is 0.619. The average molecular weight is 364 g/mol. The highest BCUT2D eigenvalue weighted by Crippen LogP contribution is 2.33. The van der Waals surface area contributed by atoms with Gasteiger partial charge < -0.3 is 14.9 Å². The molecule has 0 aliphatic heterocycles. The Hall–Kier alpha value is -2.04. The maximum absolute atomic E-state index is 11.6. The standard InChI is InChI=1S/C21H32O5/c1-3-11-18-19(14-13-17(16(2)22)21(18)25)26-15-10-8-6-4-5-7-9-12-20(23)24/h13-14,25H,3-12,15H2,1-2H3,(H,23,24). The van der Waals surface area contributed by atoms with E-state index in [4.69, 9.17) is 9.84 Å². The van der Waals surface area contributed by atoms with E-state index in [1.807, 2.05) is 6.92 Å². The number of carbonyl (C=O) groups excluding carboxylic acids is 1. The van der Waals surface area contributed by atoms with Gasteiger partial charge in [0.2, 0.25) is 0 Å². The van der Waals surface area contributed by atoms with Gasteiger partial charge in [-0.15, -0.1) is 0 Å². The third-order valence-corrected chi connectivity index (χ3v) is 4.41. The van der Waals surface area contributed by atoms with Crippen molar-refractivity contribution in [1.29, 1.82) is 0 Å². The topological polar surface area (TPSA) is 83.8 Å². The normalized spacial score (nSPS) is 10.7. The molecule has 1 aromatic carbocycles. The van der Waals surface area contributed by atoms with Crippen LogP contribution >= 0.6 is 0 Å². The zero-order chi connectivity index (χ0) is 19.4. The Morgan fingerprint density at radius 1 is 1.00 bits per heavy atom. The van der Waals surface area contributed by atoms with Crippen molar-refractivity contribution in [2.75, 3.05) is 6.61 Å². The molecule has 0 fully saturated rings. The number of benzene rings is 1. The molecule has 0 spiro atoms. The van der Waals surface area contributed by atoms with E-state index in [1.165, 1.54) is 6.92 Å². The molecule has 0 heterocycles. The average Bonchev–Trinajstić information content (AvgIpc) is 2.58. The molecule has 0 aliphatic carbocycles. The Morgan fingerprint density at radius 3 is 2.19 bits per heavy atom. The Morgan fingerprint density at radius 2 is 1.62 bits per heavy atom. The molecular formula is C21H32O5. The minimum Gasteiger partial charge on any atom is -0.507 e. The van der Waals surface area contributed by atoms with Gasteiger partial charge in [0.1, 0.15) is 11.5 Å². The van der Waals surface area contributed by atoms with Gasteiger partial charge in [0.05, 0.1) is 12.2 Å². The first-order valence-electron chi connectivity index (χ1n) is 9.67. The lowest BCUT2D eigenvalue weighted by Gasteiger charge is -2.14. The van der Waals surface area contributed by atoms with E-state index in [0.29, 0.717) is 24.3 Å². The highest BCUT2D eigenvalue weighted by atomic mass is 16.5. The number of phenolic OH excluding ortho intramolecular Hbond substituents is 1. The van der Waals surface area contributed by atoms with Crippen LogP contribution in [0.25, 0.3) is 0 Å². The molecular weight excluding hydrogens is 332 g/mol. The molecule has 2 N–H and O–H groups in total. The first-order chi connectivity index (χ1) is 12.5. The highest BCUT2D eigenvalue weighted by molar-refractivity contribution is 5.97. The van der Waals surface area contributed by atoms with Crippen molar-refractivity contribution in [1.82, 2.24) is 0 Å². The number of unbranched alkanes of at least 4 members (excludes halogenated alkanes) is 6. The summed E-state index contributed by atoms with van der Waals surface area (Å²) in [5.41, 5.74) is 1.07. The van der Waals surface area contributed by atoms with Gasteiger partial charge in [-0.25, -0.2) is 0 Å². The van der Waals surface area contributed by atoms with Crippen molar-refractivity contribution in [3.05, 3.63) is 23.3 Å². The molecule has 0 saturated heterocycles. The minimum atomic E-state index is -0.716. The number of rotatable bonds is 14. The second-order valence-electron chi connectivity index (χ2n) is 6.71. The molecule has 0 radical (unpaired) electrons. The molecule has 26 heavy (non-hydrogen) atoms. The van der Waals surface area contributed by atoms with Crippen LogP contribution in [-0.4, -0.2) is 28.6 Å². The summed E-state index contributed by atoms with van der Waals surface area (Å²) in [6, 6.07) is 3.41. The Balaban J connectivity index is 2.31. The summed E-state index contributed by atoms with van der Waals surface area (Å²) in [5.74, 6) is -0.136. The molecule has 1 aromatic rings. The molecule has 0 unspecified atom stereocenters. The first kappa shape index (κ1) is 22.0. The SMILES string of the molecule is CCCc1c(OCCCCCCCCCC(=O)O)ccc(C(C)=O)c1O. The summed E-state index contributed by atoms with van der Waals surface area (Å²) in [5, 5.41) is 18.9. The number of carbonyl (C=O) groups is 2. The highest BCUT2D eigenvalue weighted by Gasteiger charge is 2.15. The van der Waals surface area contributed by atoms with E-state index in [0.717, 1.165) is 56.9 Å². The van der Waals surface area contributed by atoms with Crippen LogP contribution in [0.2, 0.25) is 0 Å². The lowest BCUT2D eigenvalue weighted by molar-refractivity contribution is -0.137. The number of phenols is 1. The van der Waals surface area contributed by atoms with Crippen molar-refractivity contribution >= 4 is 11.8 Å². The molecule has 5 nitrogen and oxygen atoms in total. The number of aromatic hydroxyl groups is 1. The van der Waals surface area contributed by atoms with Crippen molar-refractivity contribution in [3.63, 3.8) is 0 Å². The molecule has 5 heteroatoms. The second-order valence-corrected chi connectivity index (χ2v) is 6.71. The summed E-state index contributed by atoms with van der Waals surface area (Å²) in [6.07, 6.45) is 8.88. The fourth-order valence-electron chi connectivity index (χ4n) is 2.97. The van der Waals surface area contributed by atoms with Crippen molar-refractivity contribution in [2.24, 2.45) is 0 Å². The maximum atomic E-state index is 11.6. The summed E-state index contributed by atoms with van der Waals surface area (Å²) >= 11 is 0. The molecule has 0 saturated carbocycles. The van der Waals surface area contributed by atoms with Gasteiger partial charge in [0, 0.05) is 12.0 Å². The number of carboxylic acids is 1. The van der Waals surface area contributed by atoms with E-state index < -0.39 is 5.97 Å². The monoisotopic (exact) mass is 364 g/mol. The van der Waals surface area contributed by atoms with Crippen LogP contribution in [0.3, 0.4) is 0 Å².